The normalized spacial score (nSPS) is 18.8. The monoisotopic (exact) mass is 277 g/mol. The Kier molecular flexibility index (Phi) is 2.33. The second-order valence-corrected chi connectivity index (χ2v) is 5.08. The molecule has 1 aliphatic heterocycles. The SMILES string of the molecule is NC1Cc2c(-c3cccc(Br)c3)ncn2C1. The Morgan fingerprint density at radius 3 is 3.12 bits per heavy atom. The predicted octanol–water partition coefficient (Wildman–Crippen LogP) is 2.20. The van der Waals surface area contributed by atoms with Gasteiger partial charge in [0.05, 0.1) is 12.0 Å². The molecule has 2 N–H and O–H groups in total. The molecule has 0 radical (unpaired) electrons. The number of fused-ring (bicyclic) bond motifs is 1. The van der Waals surface area contributed by atoms with E-state index < -0.39 is 0 Å². The van der Waals surface area contributed by atoms with Gasteiger partial charge in [0, 0.05) is 34.7 Å². The molecule has 82 valence electrons. The molecule has 0 amide bonds. The molecule has 0 spiro atoms. The quantitative estimate of drug-likeness (QED) is 0.869. The van der Waals surface area contributed by atoms with Crippen LogP contribution in [-0.2, 0) is 13.0 Å². The number of nitrogens with zero attached hydrogens (tertiary/aromatic N) is 2. The second-order valence-electron chi connectivity index (χ2n) is 4.17. The first-order valence-electron chi connectivity index (χ1n) is 5.29. The molecule has 0 fully saturated rings. The summed E-state index contributed by atoms with van der Waals surface area (Å²) in [6.45, 7) is 0.885. The maximum Gasteiger partial charge on any atom is 0.0956 e. The number of rotatable bonds is 1. The molecule has 16 heavy (non-hydrogen) atoms. The van der Waals surface area contributed by atoms with Crippen LogP contribution in [0.25, 0.3) is 11.3 Å². The van der Waals surface area contributed by atoms with Crippen LogP contribution in [0.5, 0.6) is 0 Å². The van der Waals surface area contributed by atoms with E-state index in [4.69, 9.17) is 5.73 Å². The van der Waals surface area contributed by atoms with Gasteiger partial charge in [0.15, 0.2) is 0 Å². The van der Waals surface area contributed by atoms with E-state index in [0.717, 1.165) is 28.7 Å². The Balaban J connectivity index is 2.08. The number of hydrogen-bond acceptors (Lipinski definition) is 2. The minimum absolute atomic E-state index is 0.240. The summed E-state index contributed by atoms with van der Waals surface area (Å²) >= 11 is 3.48. The Labute approximate surface area is 102 Å². The van der Waals surface area contributed by atoms with Crippen LogP contribution >= 0.6 is 15.9 Å². The van der Waals surface area contributed by atoms with Crippen LogP contribution in [0.4, 0.5) is 0 Å². The molecule has 0 bridgehead atoms. The zero-order valence-corrected chi connectivity index (χ0v) is 10.3. The number of nitrogens with two attached hydrogens (primary N) is 1. The Morgan fingerprint density at radius 2 is 2.31 bits per heavy atom. The van der Waals surface area contributed by atoms with E-state index in [1.807, 2.05) is 18.5 Å². The number of halogens is 1. The van der Waals surface area contributed by atoms with Crippen molar-refractivity contribution in [3.63, 3.8) is 0 Å². The van der Waals surface area contributed by atoms with Crippen molar-refractivity contribution in [2.45, 2.75) is 19.0 Å². The lowest BCUT2D eigenvalue weighted by atomic mass is 10.1. The van der Waals surface area contributed by atoms with Gasteiger partial charge in [-0.2, -0.15) is 0 Å². The number of hydrogen-bond donors (Lipinski definition) is 1. The van der Waals surface area contributed by atoms with Crippen molar-refractivity contribution in [2.24, 2.45) is 5.73 Å². The van der Waals surface area contributed by atoms with Gasteiger partial charge in [-0.1, -0.05) is 28.1 Å². The van der Waals surface area contributed by atoms with E-state index in [2.05, 4.69) is 37.6 Å². The highest BCUT2D eigenvalue weighted by Gasteiger charge is 2.22. The molecule has 1 aromatic carbocycles. The van der Waals surface area contributed by atoms with Crippen LogP contribution in [0.3, 0.4) is 0 Å². The molecule has 1 atom stereocenters. The van der Waals surface area contributed by atoms with E-state index in [-0.39, 0.29) is 6.04 Å². The fourth-order valence-corrected chi connectivity index (χ4v) is 2.62. The van der Waals surface area contributed by atoms with Crippen molar-refractivity contribution in [2.75, 3.05) is 0 Å². The number of imidazole rings is 1. The van der Waals surface area contributed by atoms with Crippen LogP contribution in [0.2, 0.25) is 0 Å². The first-order chi connectivity index (χ1) is 7.74. The molecular formula is C12H12BrN3. The standard InChI is InChI=1S/C12H12BrN3/c13-9-3-1-2-8(4-9)12-11-5-10(14)6-16(11)7-15-12/h1-4,7,10H,5-6,14H2. The maximum atomic E-state index is 5.95. The molecular weight excluding hydrogens is 266 g/mol. The zero-order valence-electron chi connectivity index (χ0n) is 8.73. The molecule has 0 aliphatic carbocycles. The molecule has 2 heterocycles. The minimum atomic E-state index is 0.240. The fourth-order valence-electron chi connectivity index (χ4n) is 2.22. The van der Waals surface area contributed by atoms with Crippen LogP contribution < -0.4 is 5.73 Å². The van der Waals surface area contributed by atoms with Crippen molar-refractivity contribution in [1.29, 1.82) is 0 Å². The van der Waals surface area contributed by atoms with Gasteiger partial charge in [-0.3, -0.25) is 0 Å². The van der Waals surface area contributed by atoms with Crippen LogP contribution in [-0.4, -0.2) is 15.6 Å². The van der Waals surface area contributed by atoms with Gasteiger partial charge >= 0.3 is 0 Å². The smallest absolute Gasteiger partial charge is 0.0956 e. The van der Waals surface area contributed by atoms with Crippen LogP contribution in [0.1, 0.15) is 5.69 Å². The van der Waals surface area contributed by atoms with E-state index in [0.29, 0.717) is 0 Å². The Bertz CT molecular complexity index is 533. The molecule has 0 saturated heterocycles. The third kappa shape index (κ3) is 1.58. The molecule has 1 aromatic heterocycles. The topological polar surface area (TPSA) is 43.8 Å². The van der Waals surface area contributed by atoms with Gasteiger partial charge in [-0.25, -0.2) is 4.98 Å². The molecule has 3 rings (SSSR count). The third-order valence-electron chi connectivity index (χ3n) is 2.93. The molecule has 4 heteroatoms. The summed E-state index contributed by atoms with van der Waals surface area (Å²) in [5.41, 5.74) is 9.42. The van der Waals surface area contributed by atoms with Gasteiger partial charge in [0.25, 0.3) is 0 Å². The van der Waals surface area contributed by atoms with Crippen molar-refractivity contribution < 1.29 is 0 Å². The summed E-state index contributed by atoms with van der Waals surface area (Å²) in [6, 6.07) is 8.46. The van der Waals surface area contributed by atoms with E-state index >= 15 is 0 Å². The third-order valence-corrected chi connectivity index (χ3v) is 3.42. The molecule has 1 aliphatic rings. The number of benzene rings is 1. The lowest BCUT2D eigenvalue weighted by molar-refractivity contribution is 0.636. The highest BCUT2D eigenvalue weighted by Crippen LogP contribution is 2.28. The van der Waals surface area contributed by atoms with Crippen LogP contribution in [0, 0.1) is 0 Å². The lowest BCUT2D eigenvalue weighted by Crippen LogP contribution is -2.20. The van der Waals surface area contributed by atoms with E-state index in [9.17, 15) is 0 Å². The summed E-state index contributed by atoms with van der Waals surface area (Å²) in [5, 5.41) is 0. The molecule has 1 unspecified atom stereocenters. The lowest BCUT2D eigenvalue weighted by Gasteiger charge is -2.01. The molecule has 0 saturated carbocycles. The highest BCUT2D eigenvalue weighted by molar-refractivity contribution is 9.10. The molecule has 2 aromatic rings. The second kappa shape index (κ2) is 3.71. The average Bonchev–Trinajstić information content (AvgIpc) is 2.76. The first-order valence-corrected chi connectivity index (χ1v) is 6.09. The van der Waals surface area contributed by atoms with E-state index in [1.54, 1.807) is 0 Å². The number of aromatic nitrogens is 2. The summed E-state index contributed by atoms with van der Waals surface area (Å²) in [5.74, 6) is 0. The van der Waals surface area contributed by atoms with Gasteiger partial charge in [-0.05, 0) is 12.1 Å². The summed E-state index contributed by atoms with van der Waals surface area (Å²) in [4.78, 5) is 4.47. The van der Waals surface area contributed by atoms with Crippen molar-refractivity contribution >= 4 is 15.9 Å². The Hall–Kier alpha value is -1.13. The first kappa shape index (κ1) is 10.1. The van der Waals surface area contributed by atoms with Crippen molar-refractivity contribution in [1.82, 2.24) is 9.55 Å². The van der Waals surface area contributed by atoms with Crippen LogP contribution in [0.15, 0.2) is 35.1 Å². The summed E-state index contributed by atoms with van der Waals surface area (Å²) in [6.07, 6.45) is 2.81. The maximum absolute atomic E-state index is 5.95. The van der Waals surface area contributed by atoms with E-state index in [1.165, 1.54) is 5.69 Å². The van der Waals surface area contributed by atoms with Gasteiger partial charge in [-0.15, -0.1) is 0 Å². The average molecular weight is 278 g/mol. The summed E-state index contributed by atoms with van der Waals surface area (Å²) in [7, 11) is 0. The highest BCUT2D eigenvalue weighted by atomic mass is 79.9. The molecule has 3 nitrogen and oxygen atoms in total. The zero-order chi connectivity index (χ0) is 11.1. The van der Waals surface area contributed by atoms with Gasteiger partial charge < -0.3 is 10.3 Å². The fraction of sp³-hybridized carbons (Fsp3) is 0.250. The minimum Gasteiger partial charge on any atom is -0.332 e. The Morgan fingerprint density at radius 1 is 1.44 bits per heavy atom. The van der Waals surface area contributed by atoms with Crippen molar-refractivity contribution in [3.05, 3.63) is 40.8 Å². The predicted molar refractivity (Wildman–Crippen MR) is 67.0 cm³/mol. The van der Waals surface area contributed by atoms with Gasteiger partial charge in [0.1, 0.15) is 0 Å². The summed E-state index contributed by atoms with van der Waals surface area (Å²) < 4.78 is 3.23. The van der Waals surface area contributed by atoms with Gasteiger partial charge in [0.2, 0.25) is 0 Å². The largest absolute Gasteiger partial charge is 0.332 e. The van der Waals surface area contributed by atoms with Crippen molar-refractivity contribution in [3.8, 4) is 11.3 Å².